The molecule has 0 spiro atoms. The number of benzene rings is 2. The van der Waals surface area contributed by atoms with Crippen LogP contribution in [0.4, 0.5) is 0 Å². The topological polar surface area (TPSA) is 69.8 Å². The van der Waals surface area contributed by atoms with Crippen molar-refractivity contribution in [1.29, 1.82) is 0 Å². The molecule has 22 heavy (non-hydrogen) atoms. The number of hydrogen-bond donors (Lipinski definition) is 0. The van der Waals surface area contributed by atoms with E-state index in [2.05, 4.69) is 10.2 Å². The van der Waals surface area contributed by atoms with E-state index in [1.165, 1.54) is 23.6 Å². The van der Waals surface area contributed by atoms with Crippen LogP contribution in [0.3, 0.4) is 0 Å². The molecule has 0 aliphatic carbocycles. The first-order valence-corrected chi connectivity index (χ1v) is 7.40. The Kier molecular flexibility index (Phi) is 3.84. The Labute approximate surface area is 130 Å². The van der Waals surface area contributed by atoms with Gasteiger partial charge in [0.2, 0.25) is 4.80 Å². The molecule has 0 N–H and O–H groups in total. The number of carboxylic acids is 1. The van der Waals surface area contributed by atoms with Gasteiger partial charge < -0.3 is 14.5 Å². The number of rotatable bonds is 3. The number of carbonyl (C=O) groups excluding carboxylic acids is 1. The summed E-state index contributed by atoms with van der Waals surface area (Å²) in [6.07, 6.45) is 1.43. The average molecular weight is 310 g/mol. The summed E-state index contributed by atoms with van der Waals surface area (Å²) in [6.45, 7) is 0. The van der Waals surface area contributed by atoms with Gasteiger partial charge in [-0.15, -0.1) is 5.10 Å². The zero-order valence-electron chi connectivity index (χ0n) is 11.8. The first-order valence-electron chi connectivity index (χ1n) is 6.59. The lowest BCUT2D eigenvalue weighted by Crippen LogP contribution is -2.23. The van der Waals surface area contributed by atoms with E-state index < -0.39 is 5.97 Å². The maximum Gasteiger partial charge on any atom is 0.211 e. The van der Waals surface area contributed by atoms with Gasteiger partial charge in [0.15, 0.2) is 0 Å². The normalized spacial score (nSPS) is 12.3. The number of hydrogen-bond acceptors (Lipinski definition) is 5. The van der Waals surface area contributed by atoms with Gasteiger partial charge in [-0.1, -0.05) is 47.7 Å². The molecule has 5 nitrogen and oxygen atoms in total. The molecule has 0 bridgehead atoms. The van der Waals surface area contributed by atoms with Gasteiger partial charge in [-0.2, -0.15) is 5.10 Å². The number of carboxylic acid groups (broad SMARTS) is 1. The molecule has 110 valence electrons. The lowest BCUT2D eigenvalue weighted by atomic mass is 10.1. The number of carbonyl (C=O) groups is 1. The molecular formula is C16H12N3O2S-. The Bertz CT molecular complexity index is 938. The van der Waals surface area contributed by atoms with Crippen LogP contribution in [0.15, 0.2) is 58.7 Å². The molecule has 0 atom stereocenters. The van der Waals surface area contributed by atoms with Crippen molar-refractivity contribution in [2.45, 2.75) is 0 Å². The first kappa shape index (κ1) is 14.2. The van der Waals surface area contributed by atoms with Crippen LogP contribution in [0.5, 0.6) is 0 Å². The first-order chi connectivity index (χ1) is 10.7. The standard InChI is InChI=1S/C16H13N3O2S/c1-19-13-8-4-5-9-14(13)22-16(19)18-17-10-11-6-2-3-7-12(11)15(20)21/h2-10H,1H3,(H,20,21)/p-1/b17-10+,18-16+. The third-order valence-electron chi connectivity index (χ3n) is 3.24. The largest absolute Gasteiger partial charge is 0.545 e. The molecule has 3 aromatic rings. The van der Waals surface area contributed by atoms with Gasteiger partial charge in [-0.25, -0.2) is 0 Å². The molecule has 0 amide bonds. The third-order valence-corrected chi connectivity index (χ3v) is 4.34. The molecule has 6 heteroatoms. The molecule has 3 rings (SSSR count). The van der Waals surface area contributed by atoms with Crippen molar-refractivity contribution in [2.24, 2.45) is 17.3 Å². The van der Waals surface area contributed by atoms with Crippen LogP contribution in [0.25, 0.3) is 10.2 Å². The Hall–Kier alpha value is -2.73. The average Bonchev–Trinajstić information content (AvgIpc) is 2.85. The highest BCUT2D eigenvalue weighted by Crippen LogP contribution is 2.15. The van der Waals surface area contributed by atoms with Gasteiger partial charge >= 0.3 is 0 Å². The van der Waals surface area contributed by atoms with Gasteiger partial charge in [0, 0.05) is 18.2 Å². The molecule has 0 aliphatic heterocycles. The van der Waals surface area contributed by atoms with E-state index in [4.69, 9.17) is 0 Å². The number of aryl methyl sites for hydroxylation is 1. The van der Waals surface area contributed by atoms with E-state index >= 15 is 0 Å². The quantitative estimate of drug-likeness (QED) is 0.544. The summed E-state index contributed by atoms with van der Waals surface area (Å²) in [5, 5.41) is 19.2. The minimum atomic E-state index is -1.23. The Balaban J connectivity index is 1.99. The zero-order valence-corrected chi connectivity index (χ0v) is 12.6. The number of thiazole rings is 1. The van der Waals surface area contributed by atoms with E-state index in [0.717, 1.165) is 15.0 Å². The maximum atomic E-state index is 11.0. The summed E-state index contributed by atoms with van der Waals surface area (Å²) in [5.74, 6) is -1.23. The van der Waals surface area contributed by atoms with Crippen LogP contribution in [0, 0.1) is 0 Å². The second-order valence-corrected chi connectivity index (χ2v) is 5.64. The summed E-state index contributed by atoms with van der Waals surface area (Å²) in [5.41, 5.74) is 1.65. The SMILES string of the molecule is Cn1/c(=N\N=C\c2ccccc2C(=O)[O-])sc2ccccc21. The van der Waals surface area contributed by atoms with Gasteiger partial charge in [-0.05, 0) is 12.1 Å². The summed E-state index contributed by atoms with van der Waals surface area (Å²) >= 11 is 1.52. The van der Waals surface area contributed by atoms with E-state index in [1.807, 2.05) is 35.9 Å². The van der Waals surface area contributed by atoms with Gasteiger partial charge in [-0.3, -0.25) is 0 Å². The predicted molar refractivity (Wildman–Crippen MR) is 84.7 cm³/mol. The molecule has 0 fully saturated rings. The van der Waals surface area contributed by atoms with E-state index in [1.54, 1.807) is 18.2 Å². The second kappa shape index (κ2) is 5.95. The highest BCUT2D eigenvalue weighted by atomic mass is 32.1. The van der Waals surface area contributed by atoms with Crippen molar-refractivity contribution >= 4 is 33.7 Å². The number of aromatic nitrogens is 1. The fraction of sp³-hybridized carbons (Fsp3) is 0.0625. The van der Waals surface area contributed by atoms with Crippen LogP contribution in [0.1, 0.15) is 15.9 Å². The number of nitrogens with zero attached hydrogens (tertiary/aromatic N) is 3. The molecule has 0 aliphatic rings. The lowest BCUT2D eigenvalue weighted by Gasteiger charge is -2.04. The van der Waals surface area contributed by atoms with E-state index in [0.29, 0.717) is 5.56 Å². The van der Waals surface area contributed by atoms with Gasteiger partial charge in [0.1, 0.15) is 0 Å². The van der Waals surface area contributed by atoms with E-state index in [9.17, 15) is 9.90 Å². The van der Waals surface area contributed by atoms with Crippen LogP contribution in [-0.4, -0.2) is 16.8 Å². The minimum Gasteiger partial charge on any atom is -0.545 e. The molecular weight excluding hydrogens is 298 g/mol. The summed E-state index contributed by atoms with van der Waals surface area (Å²) in [7, 11) is 1.92. The number of para-hydroxylation sites is 1. The lowest BCUT2D eigenvalue weighted by molar-refractivity contribution is -0.255. The Morgan fingerprint density at radius 1 is 1.18 bits per heavy atom. The third kappa shape index (κ3) is 2.68. The molecule has 0 saturated carbocycles. The molecule has 1 heterocycles. The molecule has 0 saturated heterocycles. The van der Waals surface area contributed by atoms with Crippen molar-refractivity contribution in [3.05, 3.63) is 64.5 Å². The fourth-order valence-corrected chi connectivity index (χ4v) is 3.09. The van der Waals surface area contributed by atoms with Crippen LogP contribution >= 0.6 is 11.3 Å². The maximum absolute atomic E-state index is 11.0. The molecule has 0 unspecified atom stereocenters. The minimum absolute atomic E-state index is 0.0992. The van der Waals surface area contributed by atoms with Crippen molar-refractivity contribution in [2.75, 3.05) is 0 Å². The number of fused-ring (bicyclic) bond motifs is 1. The van der Waals surface area contributed by atoms with Crippen LogP contribution in [0.2, 0.25) is 0 Å². The number of aromatic carboxylic acids is 1. The monoisotopic (exact) mass is 310 g/mol. The smallest absolute Gasteiger partial charge is 0.211 e. The molecule has 2 aromatic carbocycles. The van der Waals surface area contributed by atoms with E-state index in [-0.39, 0.29) is 5.56 Å². The zero-order chi connectivity index (χ0) is 15.5. The van der Waals surface area contributed by atoms with Crippen molar-refractivity contribution in [3.63, 3.8) is 0 Å². The summed E-state index contributed by atoms with van der Waals surface area (Å²) < 4.78 is 3.07. The van der Waals surface area contributed by atoms with Gasteiger partial charge in [0.05, 0.1) is 22.4 Å². The summed E-state index contributed by atoms with van der Waals surface area (Å²) in [6, 6.07) is 14.5. The van der Waals surface area contributed by atoms with Gasteiger partial charge in [0.25, 0.3) is 0 Å². The van der Waals surface area contributed by atoms with Crippen LogP contribution < -0.4 is 9.91 Å². The fourth-order valence-electron chi connectivity index (χ4n) is 2.11. The van der Waals surface area contributed by atoms with Crippen molar-refractivity contribution in [1.82, 2.24) is 4.57 Å². The highest BCUT2D eigenvalue weighted by molar-refractivity contribution is 7.16. The van der Waals surface area contributed by atoms with Crippen molar-refractivity contribution in [3.8, 4) is 0 Å². The highest BCUT2D eigenvalue weighted by Gasteiger charge is 2.01. The second-order valence-electron chi connectivity index (χ2n) is 4.63. The van der Waals surface area contributed by atoms with Crippen molar-refractivity contribution < 1.29 is 9.90 Å². The molecule has 1 aromatic heterocycles. The Morgan fingerprint density at radius 2 is 1.91 bits per heavy atom. The van der Waals surface area contributed by atoms with Crippen LogP contribution in [-0.2, 0) is 7.05 Å². The summed E-state index contributed by atoms with van der Waals surface area (Å²) in [4.78, 5) is 11.8. The predicted octanol–water partition coefficient (Wildman–Crippen LogP) is 1.54. The molecule has 0 radical (unpaired) electrons. The Morgan fingerprint density at radius 3 is 2.68 bits per heavy atom.